The van der Waals surface area contributed by atoms with Crippen molar-refractivity contribution in [1.82, 2.24) is 24.7 Å². The van der Waals surface area contributed by atoms with Gasteiger partial charge in [0.15, 0.2) is 6.20 Å². The average Bonchev–Trinajstić information content (AvgIpc) is 3.88. The highest BCUT2D eigenvalue weighted by Gasteiger charge is 2.42. The highest BCUT2D eigenvalue weighted by molar-refractivity contribution is 7.88. The third-order valence-corrected chi connectivity index (χ3v) is 17.7. The van der Waals surface area contributed by atoms with Gasteiger partial charge in [-0.15, -0.1) is 22.7 Å². The van der Waals surface area contributed by atoms with Crippen LogP contribution in [-0.4, -0.2) is 43.7 Å². The summed E-state index contributed by atoms with van der Waals surface area (Å²) in [4.78, 5) is 16.3. The van der Waals surface area contributed by atoms with Crippen molar-refractivity contribution in [3.8, 4) is 44.8 Å². The monoisotopic (exact) mass is 813 g/mol. The number of nitrogens with zero attached hydrogens (tertiary/aromatic N) is 6. The lowest BCUT2D eigenvalue weighted by Crippen LogP contribution is -2.53. The molecule has 2 aliphatic carbocycles. The lowest BCUT2D eigenvalue weighted by Gasteiger charge is -2.33. The Hall–Kier alpha value is -5.15. The van der Waals surface area contributed by atoms with Gasteiger partial charge < -0.3 is 11.5 Å². The molecule has 280 valence electrons. The summed E-state index contributed by atoms with van der Waals surface area (Å²) in [6, 6.07) is 24.3. The zero-order valence-corrected chi connectivity index (χ0v) is 33.6. The lowest BCUT2D eigenvalue weighted by atomic mass is 9.92. The van der Waals surface area contributed by atoms with Gasteiger partial charge in [0.2, 0.25) is 0 Å². The van der Waals surface area contributed by atoms with Crippen LogP contribution in [0.1, 0.15) is 38.1 Å². The van der Waals surface area contributed by atoms with E-state index in [1.807, 2.05) is 55.8 Å². The van der Waals surface area contributed by atoms with Gasteiger partial charge in [0.25, 0.3) is 6.33 Å². The number of aryl methyl sites for hydroxylation is 1. The van der Waals surface area contributed by atoms with E-state index in [1.165, 1.54) is 22.7 Å². The molecule has 2 aliphatic rings. The van der Waals surface area contributed by atoms with Gasteiger partial charge in [0.05, 0.1) is 61.4 Å². The molecule has 14 heteroatoms. The molecule has 2 saturated carbocycles. The Balaban J connectivity index is 1.01. The van der Waals surface area contributed by atoms with Crippen LogP contribution >= 0.6 is 22.7 Å². The quantitative estimate of drug-likeness (QED) is 0.138. The number of hydrogen-bond acceptors (Lipinski definition) is 10. The van der Waals surface area contributed by atoms with Crippen molar-refractivity contribution >= 4 is 76.1 Å². The second kappa shape index (κ2) is 14.1. The smallest absolute Gasteiger partial charge is 0.286 e. The van der Waals surface area contributed by atoms with E-state index in [9.17, 15) is 8.42 Å². The summed E-state index contributed by atoms with van der Waals surface area (Å²) in [6.45, 7) is 0. The fourth-order valence-electron chi connectivity index (χ4n) is 7.69. The van der Waals surface area contributed by atoms with Gasteiger partial charge in [-0.25, -0.2) is 14.5 Å². The molecule has 10 nitrogen and oxygen atoms in total. The molecule has 10 rings (SSSR count). The van der Waals surface area contributed by atoms with Crippen molar-refractivity contribution < 1.29 is 13.0 Å². The minimum absolute atomic E-state index is 0.0494. The van der Waals surface area contributed by atoms with Gasteiger partial charge in [-0.05, 0) is 60.1 Å². The van der Waals surface area contributed by atoms with E-state index in [0.717, 1.165) is 97.3 Å². The van der Waals surface area contributed by atoms with Crippen molar-refractivity contribution in [3.63, 3.8) is 0 Å². The summed E-state index contributed by atoms with van der Waals surface area (Å²) in [5, 5.41) is 6.02. The van der Waals surface area contributed by atoms with E-state index in [2.05, 4.69) is 57.2 Å². The minimum atomic E-state index is -1.40. The van der Waals surface area contributed by atoms with Gasteiger partial charge in [0, 0.05) is 34.8 Å². The van der Waals surface area contributed by atoms with Crippen LogP contribution in [0.15, 0.2) is 112 Å². The Kier molecular flexibility index (Phi) is 8.88. The first-order valence-electron chi connectivity index (χ1n) is 18.6. The largest absolute Gasteiger partial charge is 0.396 e. The molecule has 6 heterocycles. The normalized spacial score (nSPS) is 18.2. The fourth-order valence-corrected chi connectivity index (χ4v) is 14.2. The second-order valence-electron chi connectivity index (χ2n) is 14.5. The number of fused-ring (bicyclic) bond motifs is 2. The molecule has 0 spiro atoms. The first-order chi connectivity index (χ1) is 27.3. The molecule has 56 heavy (non-hydrogen) atoms. The standard InChI is InChI=1S/C42H37N8O2S4/c1-49-21-27(20-46-49)32-18-30(25-11-6-3-7-12-25)36-38(44)42(54-40(36)48-32)56(52)34-16-15-33(34)50-22-26(19-45-23-50)31-17-29(24-9-4-2-5-10-24)35-37(43)41(53-39(35)47-31)55(51)28-13-8-14-28/h2-7,9-12,17-23,28,33-34H,8,13-16,43-44H2,1H3/q+1. The van der Waals surface area contributed by atoms with Gasteiger partial charge in [0.1, 0.15) is 30.3 Å². The minimum Gasteiger partial charge on any atom is -0.396 e. The van der Waals surface area contributed by atoms with E-state index < -0.39 is 21.6 Å². The summed E-state index contributed by atoms with van der Waals surface area (Å²) in [6.07, 6.45) is 14.1. The number of rotatable bonds is 9. The Morgan fingerprint density at radius 2 is 1.32 bits per heavy atom. The Morgan fingerprint density at radius 3 is 1.84 bits per heavy atom. The van der Waals surface area contributed by atoms with Crippen molar-refractivity contribution in [1.29, 1.82) is 0 Å². The van der Waals surface area contributed by atoms with E-state index in [-0.39, 0.29) is 16.5 Å². The van der Waals surface area contributed by atoms with E-state index >= 15 is 0 Å². The molecule has 0 radical (unpaired) electrons. The maximum Gasteiger partial charge on any atom is 0.286 e. The van der Waals surface area contributed by atoms with Gasteiger partial charge in [-0.3, -0.25) is 13.1 Å². The number of nitrogens with two attached hydrogens (primary N) is 2. The summed E-state index contributed by atoms with van der Waals surface area (Å²) in [7, 11) is -0.678. The molecule has 4 N–H and O–H groups in total. The zero-order chi connectivity index (χ0) is 38.1. The number of thiophene rings is 2. The van der Waals surface area contributed by atoms with E-state index in [1.54, 1.807) is 17.2 Å². The third-order valence-electron chi connectivity index (χ3n) is 11.1. The number of benzene rings is 2. The summed E-state index contributed by atoms with van der Waals surface area (Å²) in [5.74, 6) is 0. The Morgan fingerprint density at radius 1 is 0.732 bits per heavy atom. The number of hydrogen-bond donors (Lipinski definition) is 2. The number of pyridine rings is 2. The maximum absolute atomic E-state index is 14.6. The van der Waals surface area contributed by atoms with Crippen LogP contribution in [0.2, 0.25) is 0 Å². The van der Waals surface area contributed by atoms with Gasteiger partial charge in [-0.2, -0.15) is 5.10 Å². The Labute approximate surface area is 336 Å². The molecular weight excluding hydrogens is 777 g/mol. The number of aromatic nitrogens is 6. The lowest BCUT2D eigenvalue weighted by molar-refractivity contribution is -0.733. The topological polar surface area (TPSA) is 147 Å². The van der Waals surface area contributed by atoms with Crippen LogP contribution < -0.4 is 16.0 Å². The van der Waals surface area contributed by atoms with Crippen LogP contribution in [-0.2, 0) is 28.6 Å². The van der Waals surface area contributed by atoms with Crippen LogP contribution in [0.3, 0.4) is 0 Å². The summed E-state index contributed by atoms with van der Waals surface area (Å²) >= 11 is 2.85. The number of anilines is 2. The van der Waals surface area contributed by atoms with Crippen molar-refractivity contribution in [2.24, 2.45) is 7.05 Å². The van der Waals surface area contributed by atoms with Crippen LogP contribution in [0.4, 0.5) is 11.4 Å². The Bertz CT molecular complexity index is 2850. The highest BCUT2D eigenvalue weighted by atomic mass is 32.2. The molecule has 0 aliphatic heterocycles. The predicted octanol–water partition coefficient (Wildman–Crippen LogP) is 8.33. The van der Waals surface area contributed by atoms with Gasteiger partial charge >= 0.3 is 0 Å². The fraction of sp³-hybridized carbons (Fsp3) is 0.214. The molecule has 4 unspecified atom stereocenters. The van der Waals surface area contributed by atoms with Crippen molar-refractivity contribution in [2.75, 3.05) is 11.5 Å². The SMILES string of the molecule is Cn1cc(-c2cc(-c3ccccc3)c3c(N)c(S(=O)C4CCC4[n+]4cncc(-c5cc(-c6ccccc6)c6c(N)c(S(=O)C7CCC7)sc6n5)c4)sc3n2)cn1. The van der Waals surface area contributed by atoms with Gasteiger partial charge in [-0.1, -0.05) is 72.1 Å². The number of nitrogen functional groups attached to an aromatic ring is 2. The molecular formula is C42H37N8O2S4+. The first-order valence-corrected chi connectivity index (χ1v) is 22.6. The van der Waals surface area contributed by atoms with Crippen molar-refractivity contribution in [3.05, 3.63) is 104 Å². The van der Waals surface area contributed by atoms with E-state index in [4.69, 9.17) is 21.4 Å². The molecule has 8 aromatic rings. The molecule has 2 fully saturated rings. The van der Waals surface area contributed by atoms with Crippen molar-refractivity contribution in [2.45, 2.75) is 57.1 Å². The maximum atomic E-state index is 14.6. The molecule has 0 amide bonds. The van der Waals surface area contributed by atoms with Crippen LogP contribution in [0, 0.1) is 0 Å². The first kappa shape index (κ1) is 35.3. The molecule has 0 bridgehead atoms. The van der Waals surface area contributed by atoms with Crippen LogP contribution in [0.5, 0.6) is 0 Å². The molecule has 2 aromatic carbocycles. The summed E-state index contributed by atoms with van der Waals surface area (Å²) < 4.78 is 33.4. The zero-order valence-electron chi connectivity index (χ0n) is 30.4. The summed E-state index contributed by atoms with van der Waals surface area (Å²) in [5.41, 5.74) is 22.0. The van der Waals surface area contributed by atoms with E-state index in [0.29, 0.717) is 19.8 Å². The third kappa shape index (κ3) is 5.97. The molecule has 0 saturated heterocycles. The highest BCUT2D eigenvalue weighted by Crippen LogP contribution is 2.47. The average molecular weight is 814 g/mol. The molecule has 4 atom stereocenters. The molecule has 6 aromatic heterocycles. The van der Waals surface area contributed by atoms with Crippen LogP contribution in [0.25, 0.3) is 65.2 Å². The second-order valence-corrected chi connectivity index (χ2v) is 20.3. The predicted molar refractivity (Wildman–Crippen MR) is 227 cm³/mol.